The van der Waals surface area contributed by atoms with Crippen LogP contribution in [0.3, 0.4) is 0 Å². The van der Waals surface area contributed by atoms with Gasteiger partial charge >= 0.3 is 0 Å². The molecule has 1 aromatic heterocycles. The number of para-hydroxylation sites is 1. The van der Waals surface area contributed by atoms with Crippen molar-refractivity contribution in [1.29, 1.82) is 0 Å². The van der Waals surface area contributed by atoms with Crippen molar-refractivity contribution < 1.29 is 9.53 Å². The zero-order chi connectivity index (χ0) is 20.2. The number of nitrogens with two attached hydrogens (primary N) is 1. The van der Waals surface area contributed by atoms with Gasteiger partial charge in [-0.05, 0) is 55.3 Å². The average molecular weight is 388 g/mol. The fraction of sp³-hybridized carbons (Fsp3) is 0.217. The van der Waals surface area contributed by atoms with E-state index in [1.165, 1.54) is 6.08 Å². The third-order valence-corrected chi connectivity index (χ3v) is 5.12. The molecule has 2 aromatic carbocycles. The number of piperidine rings is 1. The highest BCUT2D eigenvalue weighted by Gasteiger charge is 2.25. The Labute approximate surface area is 170 Å². The predicted octanol–water partition coefficient (Wildman–Crippen LogP) is 4.27. The summed E-state index contributed by atoms with van der Waals surface area (Å²) in [4.78, 5) is 13.8. The van der Waals surface area contributed by atoms with E-state index in [4.69, 9.17) is 15.6 Å². The summed E-state index contributed by atoms with van der Waals surface area (Å²) in [6, 6.07) is 19.4. The van der Waals surface area contributed by atoms with Crippen molar-refractivity contribution in [2.24, 2.45) is 0 Å². The van der Waals surface area contributed by atoms with Gasteiger partial charge in [0.05, 0.1) is 11.7 Å². The lowest BCUT2D eigenvalue weighted by molar-refractivity contribution is -0.127. The second-order valence-electron chi connectivity index (χ2n) is 7.12. The summed E-state index contributed by atoms with van der Waals surface area (Å²) in [6.07, 6.45) is 3.22. The molecule has 1 atom stereocenters. The second kappa shape index (κ2) is 8.22. The van der Waals surface area contributed by atoms with E-state index in [2.05, 4.69) is 6.58 Å². The summed E-state index contributed by atoms with van der Waals surface area (Å²) in [5.41, 5.74) is 8.02. The van der Waals surface area contributed by atoms with E-state index in [0.717, 1.165) is 42.1 Å². The molecule has 0 bridgehead atoms. The van der Waals surface area contributed by atoms with Crippen LogP contribution in [0.4, 0.5) is 5.82 Å². The quantitative estimate of drug-likeness (QED) is 0.662. The Bertz CT molecular complexity index is 995. The number of likely N-dealkylation sites (tertiary alicyclic amines) is 1. The van der Waals surface area contributed by atoms with Crippen LogP contribution in [0, 0.1) is 0 Å². The molecule has 6 heteroatoms. The Morgan fingerprint density at radius 2 is 1.86 bits per heavy atom. The number of ether oxygens (including phenoxy) is 1. The highest BCUT2D eigenvalue weighted by molar-refractivity contribution is 5.87. The van der Waals surface area contributed by atoms with Crippen LogP contribution in [-0.4, -0.2) is 33.7 Å². The molecule has 0 saturated carbocycles. The van der Waals surface area contributed by atoms with Crippen molar-refractivity contribution >= 4 is 11.7 Å². The fourth-order valence-electron chi connectivity index (χ4n) is 3.64. The number of amides is 1. The highest BCUT2D eigenvalue weighted by atomic mass is 16.5. The summed E-state index contributed by atoms with van der Waals surface area (Å²) < 4.78 is 7.68. The van der Waals surface area contributed by atoms with Gasteiger partial charge in [-0.2, -0.15) is 5.10 Å². The molecule has 148 valence electrons. The molecule has 0 aliphatic carbocycles. The first-order valence-corrected chi connectivity index (χ1v) is 9.74. The lowest BCUT2D eigenvalue weighted by Crippen LogP contribution is -2.40. The largest absolute Gasteiger partial charge is 0.457 e. The van der Waals surface area contributed by atoms with Gasteiger partial charge in [0.2, 0.25) is 5.91 Å². The smallest absolute Gasteiger partial charge is 0.246 e. The Balaban J connectivity index is 1.50. The minimum Gasteiger partial charge on any atom is -0.457 e. The van der Waals surface area contributed by atoms with Gasteiger partial charge < -0.3 is 15.4 Å². The Kier molecular flexibility index (Phi) is 5.33. The van der Waals surface area contributed by atoms with Crippen molar-refractivity contribution in [2.45, 2.75) is 18.9 Å². The number of hydrogen-bond donors (Lipinski definition) is 1. The standard InChI is InChI=1S/C23H24N4O2/c1-2-23(28)26-14-6-7-18(16-26)27-22(24)15-21(25-27)17-10-12-20(13-11-17)29-19-8-4-3-5-9-19/h2-5,8-13,15,18H,1,6-7,14,16,24H2/t18-/m1/s1. The van der Waals surface area contributed by atoms with Gasteiger partial charge in [0.15, 0.2) is 0 Å². The van der Waals surface area contributed by atoms with Gasteiger partial charge in [-0.1, -0.05) is 24.8 Å². The molecular formula is C23H24N4O2. The Hall–Kier alpha value is -3.54. The van der Waals surface area contributed by atoms with Gasteiger partial charge in [-0.3, -0.25) is 4.79 Å². The van der Waals surface area contributed by atoms with E-state index in [1.54, 1.807) is 4.90 Å². The molecule has 2 N–H and O–H groups in total. The summed E-state index contributed by atoms with van der Waals surface area (Å²) in [7, 11) is 0. The van der Waals surface area contributed by atoms with E-state index in [9.17, 15) is 4.79 Å². The van der Waals surface area contributed by atoms with E-state index >= 15 is 0 Å². The van der Waals surface area contributed by atoms with E-state index in [0.29, 0.717) is 12.4 Å². The van der Waals surface area contributed by atoms with Crippen molar-refractivity contribution in [3.05, 3.63) is 73.3 Å². The van der Waals surface area contributed by atoms with Crippen LogP contribution < -0.4 is 10.5 Å². The molecule has 0 radical (unpaired) electrons. The van der Waals surface area contributed by atoms with Gasteiger partial charge in [0.25, 0.3) is 0 Å². The van der Waals surface area contributed by atoms with Crippen LogP contribution in [0.15, 0.2) is 73.3 Å². The highest BCUT2D eigenvalue weighted by Crippen LogP contribution is 2.29. The van der Waals surface area contributed by atoms with Crippen molar-refractivity contribution in [1.82, 2.24) is 14.7 Å². The first kappa shape index (κ1) is 18.8. The van der Waals surface area contributed by atoms with Crippen LogP contribution in [0.5, 0.6) is 11.5 Å². The molecule has 2 heterocycles. The summed E-state index contributed by atoms with van der Waals surface area (Å²) >= 11 is 0. The molecule has 29 heavy (non-hydrogen) atoms. The topological polar surface area (TPSA) is 73.4 Å². The van der Waals surface area contributed by atoms with Crippen molar-refractivity contribution in [3.8, 4) is 22.8 Å². The zero-order valence-corrected chi connectivity index (χ0v) is 16.2. The number of carbonyl (C=O) groups is 1. The number of carbonyl (C=O) groups excluding carboxylic acids is 1. The molecule has 0 unspecified atom stereocenters. The molecule has 1 amide bonds. The van der Waals surface area contributed by atoms with Crippen LogP contribution in [0.1, 0.15) is 18.9 Å². The van der Waals surface area contributed by atoms with Crippen LogP contribution in [-0.2, 0) is 4.79 Å². The third kappa shape index (κ3) is 4.16. The molecule has 0 spiro atoms. The van der Waals surface area contributed by atoms with Crippen LogP contribution >= 0.6 is 0 Å². The number of nitrogen functional groups attached to an aromatic ring is 1. The molecule has 1 aliphatic rings. The summed E-state index contributed by atoms with van der Waals surface area (Å²) in [5.74, 6) is 2.11. The first-order chi connectivity index (χ1) is 14.1. The average Bonchev–Trinajstić information content (AvgIpc) is 3.16. The Morgan fingerprint density at radius 1 is 1.14 bits per heavy atom. The molecule has 3 aromatic rings. The normalized spacial score (nSPS) is 16.4. The number of nitrogens with zero attached hydrogens (tertiary/aromatic N) is 3. The SMILES string of the molecule is C=CC(=O)N1CCC[C@@H](n2nc(-c3ccc(Oc4ccccc4)cc3)cc2N)C1. The molecular weight excluding hydrogens is 364 g/mol. The lowest BCUT2D eigenvalue weighted by atomic mass is 10.1. The van der Waals surface area contributed by atoms with Crippen molar-refractivity contribution in [3.63, 3.8) is 0 Å². The second-order valence-corrected chi connectivity index (χ2v) is 7.12. The van der Waals surface area contributed by atoms with Gasteiger partial charge in [0.1, 0.15) is 17.3 Å². The van der Waals surface area contributed by atoms with Crippen LogP contribution in [0.25, 0.3) is 11.3 Å². The number of aromatic nitrogens is 2. The van der Waals surface area contributed by atoms with Gasteiger partial charge in [0, 0.05) is 24.7 Å². The third-order valence-electron chi connectivity index (χ3n) is 5.12. The minimum atomic E-state index is -0.0466. The van der Waals surface area contributed by atoms with Gasteiger partial charge in [-0.15, -0.1) is 0 Å². The Morgan fingerprint density at radius 3 is 2.59 bits per heavy atom. The monoisotopic (exact) mass is 388 g/mol. The number of rotatable bonds is 5. The molecule has 1 aliphatic heterocycles. The number of hydrogen-bond acceptors (Lipinski definition) is 4. The number of anilines is 1. The summed E-state index contributed by atoms with van der Waals surface area (Å²) in [5, 5.41) is 4.72. The van der Waals surface area contributed by atoms with Crippen molar-refractivity contribution in [2.75, 3.05) is 18.8 Å². The van der Waals surface area contributed by atoms with Crippen LogP contribution in [0.2, 0.25) is 0 Å². The predicted molar refractivity (Wildman–Crippen MR) is 114 cm³/mol. The van der Waals surface area contributed by atoms with Gasteiger partial charge in [-0.25, -0.2) is 4.68 Å². The molecule has 1 saturated heterocycles. The first-order valence-electron chi connectivity index (χ1n) is 9.74. The van der Waals surface area contributed by atoms with E-state index in [1.807, 2.05) is 65.3 Å². The molecule has 1 fully saturated rings. The zero-order valence-electron chi connectivity index (χ0n) is 16.2. The maximum absolute atomic E-state index is 12.0. The number of benzene rings is 2. The summed E-state index contributed by atoms with van der Waals surface area (Å²) in [6.45, 7) is 4.93. The maximum Gasteiger partial charge on any atom is 0.246 e. The van der Waals surface area contributed by atoms with E-state index in [-0.39, 0.29) is 11.9 Å². The maximum atomic E-state index is 12.0. The minimum absolute atomic E-state index is 0.0466. The fourth-order valence-corrected chi connectivity index (χ4v) is 3.64. The molecule has 4 rings (SSSR count). The lowest BCUT2D eigenvalue weighted by Gasteiger charge is -2.32. The van der Waals surface area contributed by atoms with E-state index < -0.39 is 0 Å². The molecule has 6 nitrogen and oxygen atoms in total.